The molecule has 1 aliphatic heterocycles. The van der Waals surface area contributed by atoms with Crippen LogP contribution in [0.25, 0.3) is 0 Å². The van der Waals surface area contributed by atoms with Crippen molar-refractivity contribution in [1.29, 1.82) is 0 Å². The highest BCUT2D eigenvalue weighted by atomic mass is 16.3. The molecule has 0 radical (unpaired) electrons. The van der Waals surface area contributed by atoms with E-state index in [0.717, 1.165) is 6.42 Å². The number of hydrogen-bond acceptors (Lipinski definition) is 2. The van der Waals surface area contributed by atoms with Gasteiger partial charge in [-0.25, -0.2) is 0 Å². The average Bonchev–Trinajstić information content (AvgIpc) is 3.17. The second-order valence-corrected chi connectivity index (χ2v) is 7.43. The molecular formula is C19H37NO. The van der Waals surface area contributed by atoms with Gasteiger partial charge in [-0.3, -0.25) is 4.90 Å². The molecule has 2 rings (SSSR count). The van der Waals surface area contributed by atoms with E-state index in [9.17, 15) is 5.11 Å². The summed E-state index contributed by atoms with van der Waals surface area (Å²) in [6.07, 6.45) is 18.2. The molecular weight excluding hydrogens is 258 g/mol. The number of unbranched alkanes of at least 4 members (excludes halogenated alkanes) is 6. The van der Waals surface area contributed by atoms with Gasteiger partial charge >= 0.3 is 0 Å². The van der Waals surface area contributed by atoms with Gasteiger partial charge < -0.3 is 5.11 Å². The second-order valence-electron chi connectivity index (χ2n) is 7.43. The number of aliphatic hydroxyl groups excluding tert-OH is 1. The van der Waals surface area contributed by atoms with E-state index in [1.54, 1.807) is 0 Å². The molecule has 1 atom stereocenters. The van der Waals surface area contributed by atoms with E-state index in [1.807, 2.05) is 0 Å². The van der Waals surface area contributed by atoms with Crippen molar-refractivity contribution >= 4 is 0 Å². The van der Waals surface area contributed by atoms with Crippen molar-refractivity contribution in [2.75, 3.05) is 13.1 Å². The third-order valence-corrected chi connectivity index (χ3v) is 5.91. The average molecular weight is 296 g/mol. The Morgan fingerprint density at radius 3 is 2.05 bits per heavy atom. The van der Waals surface area contributed by atoms with E-state index in [1.165, 1.54) is 96.6 Å². The molecule has 1 saturated heterocycles. The first-order valence-corrected chi connectivity index (χ1v) is 9.73. The van der Waals surface area contributed by atoms with Crippen LogP contribution in [0.1, 0.15) is 96.8 Å². The van der Waals surface area contributed by atoms with Crippen LogP contribution in [0.15, 0.2) is 0 Å². The lowest BCUT2D eigenvalue weighted by Crippen LogP contribution is -2.53. The van der Waals surface area contributed by atoms with Crippen LogP contribution in [-0.2, 0) is 0 Å². The lowest BCUT2D eigenvalue weighted by atomic mass is 9.85. The topological polar surface area (TPSA) is 23.5 Å². The predicted molar refractivity (Wildman–Crippen MR) is 90.6 cm³/mol. The Morgan fingerprint density at radius 2 is 1.43 bits per heavy atom. The first-order valence-electron chi connectivity index (χ1n) is 9.73. The van der Waals surface area contributed by atoms with Gasteiger partial charge in [0.05, 0.1) is 6.10 Å². The van der Waals surface area contributed by atoms with Gasteiger partial charge in [0.1, 0.15) is 0 Å². The highest BCUT2D eigenvalue weighted by Crippen LogP contribution is 2.41. The summed E-state index contributed by atoms with van der Waals surface area (Å²) < 4.78 is 0. The maximum Gasteiger partial charge on any atom is 0.0723 e. The van der Waals surface area contributed by atoms with Crippen molar-refractivity contribution < 1.29 is 5.11 Å². The molecule has 1 saturated carbocycles. The summed E-state index contributed by atoms with van der Waals surface area (Å²) in [5.41, 5.74) is 0.165. The Balaban J connectivity index is 1.68. The maximum absolute atomic E-state index is 10.9. The Kier molecular flexibility index (Phi) is 7.53. The van der Waals surface area contributed by atoms with Crippen molar-refractivity contribution in [3.05, 3.63) is 0 Å². The fraction of sp³-hybridized carbons (Fsp3) is 1.00. The van der Waals surface area contributed by atoms with Gasteiger partial charge in [0.2, 0.25) is 0 Å². The summed E-state index contributed by atoms with van der Waals surface area (Å²) in [5.74, 6) is 0. The zero-order chi connectivity index (χ0) is 15.0. The van der Waals surface area contributed by atoms with Crippen molar-refractivity contribution in [3.63, 3.8) is 0 Å². The molecule has 124 valence electrons. The first kappa shape index (κ1) is 17.3. The summed E-state index contributed by atoms with van der Waals surface area (Å²) in [4.78, 5) is 2.64. The summed E-state index contributed by atoms with van der Waals surface area (Å²) in [7, 11) is 0. The van der Waals surface area contributed by atoms with E-state index in [0.29, 0.717) is 0 Å². The minimum Gasteiger partial charge on any atom is -0.391 e. The molecule has 0 spiro atoms. The van der Waals surface area contributed by atoms with Gasteiger partial charge in [0.15, 0.2) is 0 Å². The van der Waals surface area contributed by atoms with Gasteiger partial charge in [-0.2, -0.15) is 0 Å². The SMILES string of the molecule is CCCCCCCCCC(O)C1(N2CCCC2)CCCC1. The highest BCUT2D eigenvalue weighted by molar-refractivity contribution is 5.01. The zero-order valence-corrected chi connectivity index (χ0v) is 14.3. The normalized spacial score (nSPS) is 23.7. The molecule has 0 bridgehead atoms. The molecule has 1 aliphatic carbocycles. The largest absolute Gasteiger partial charge is 0.391 e. The fourth-order valence-electron chi connectivity index (χ4n) is 4.57. The predicted octanol–water partition coefficient (Wildman–Crippen LogP) is 4.90. The standard InChI is InChI=1S/C19H37NO/c1-2-3-4-5-6-7-8-13-18(21)19(14-9-10-15-19)20-16-11-12-17-20/h18,21H,2-17H2,1H3. The van der Waals surface area contributed by atoms with Crippen LogP contribution in [0.4, 0.5) is 0 Å². The molecule has 2 aliphatic rings. The van der Waals surface area contributed by atoms with Crippen molar-refractivity contribution in [2.45, 2.75) is 108 Å². The monoisotopic (exact) mass is 295 g/mol. The van der Waals surface area contributed by atoms with Gasteiger partial charge in [0, 0.05) is 5.54 Å². The smallest absolute Gasteiger partial charge is 0.0723 e. The summed E-state index contributed by atoms with van der Waals surface area (Å²) in [5, 5.41) is 10.9. The first-order chi connectivity index (χ1) is 10.3. The third kappa shape index (κ3) is 4.69. The van der Waals surface area contributed by atoms with Crippen LogP contribution in [-0.4, -0.2) is 34.7 Å². The molecule has 0 aromatic carbocycles. The summed E-state index contributed by atoms with van der Waals surface area (Å²) in [6.45, 7) is 4.73. The molecule has 1 unspecified atom stereocenters. The van der Waals surface area contributed by atoms with Crippen molar-refractivity contribution in [2.24, 2.45) is 0 Å². The Hall–Kier alpha value is -0.0800. The van der Waals surface area contributed by atoms with E-state index in [-0.39, 0.29) is 11.6 Å². The molecule has 21 heavy (non-hydrogen) atoms. The minimum absolute atomic E-state index is 0.0752. The van der Waals surface area contributed by atoms with E-state index in [2.05, 4.69) is 11.8 Å². The van der Waals surface area contributed by atoms with E-state index >= 15 is 0 Å². The molecule has 0 amide bonds. The molecule has 0 aromatic heterocycles. The van der Waals surface area contributed by atoms with Crippen LogP contribution in [0.2, 0.25) is 0 Å². The second kappa shape index (κ2) is 9.15. The number of likely N-dealkylation sites (tertiary alicyclic amines) is 1. The van der Waals surface area contributed by atoms with Gasteiger partial charge in [-0.05, 0) is 45.2 Å². The fourth-order valence-corrected chi connectivity index (χ4v) is 4.57. The molecule has 0 aromatic rings. The minimum atomic E-state index is -0.0752. The molecule has 2 fully saturated rings. The van der Waals surface area contributed by atoms with E-state index in [4.69, 9.17) is 0 Å². The highest BCUT2D eigenvalue weighted by Gasteiger charge is 2.45. The van der Waals surface area contributed by atoms with Crippen LogP contribution in [0.3, 0.4) is 0 Å². The third-order valence-electron chi connectivity index (χ3n) is 5.91. The van der Waals surface area contributed by atoms with Crippen molar-refractivity contribution in [3.8, 4) is 0 Å². The van der Waals surface area contributed by atoms with Crippen LogP contribution < -0.4 is 0 Å². The van der Waals surface area contributed by atoms with Gasteiger partial charge in [0.25, 0.3) is 0 Å². The summed E-state index contributed by atoms with van der Waals surface area (Å²) >= 11 is 0. The van der Waals surface area contributed by atoms with E-state index < -0.39 is 0 Å². The molecule has 1 N–H and O–H groups in total. The number of rotatable bonds is 10. The zero-order valence-electron chi connectivity index (χ0n) is 14.3. The van der Waals surface area contributed by atoms with Crippen LogP contribution >= 0.6 is 0 Å². The lowest BCUT2D eigenvalue weighted by molar-refractivity contribution is -0.0231. The molecule has 2 heteroatoms. The summed E-state index contributed by atoms with van der Waals surface area (Å²) in [6, 6.07) is 0. The number of hydrogen-bond donors (Lipinski definition) is 1. The van der Waals surface area contributed by atoms with Crippen molar-refractivity contribution in [1.82, 2.24) is 4.90 Å². The molecule has 1 heterocycles. The Bertz CT molecular complexity index is 267. The number of nitrogens with zero attached hydrogens (tertiary/aromatic N) is 1. The lowest BCUT2D eigenvalue weighted by Gasteiger charge is -2.43. The maximum atomic E-state index is 10.9. The number of aliphatic hydroxyl groups is 1. The van der Waals surface area contributed by atoms with Gasteiger partial charge in [-0.15, -0.1) is 0 Å². The van der Waals surface area contributed by atoms with Crippen LogP contribution in [0.5, 0.6) is 0 Å². The quantitative estimate of drug-likeness (QED) is 0.580. The van der Waals surface area contributed by atoms with Crippen LogP contribution in [0, 0.1) is 0 Å². The molecule has 2 nitrogen and oxygen atoms in total. The van der Waals surface area contributed by atoms with Gasteiger partial charge in [-0.1, -0.05) is 64.7 Å². The Labute approximate surface area is 132 Å². The Morgan fingerprint density at radius 1 is 0.857 bits per heavy atom.